The smallest absolute Gasteiger partial charge is 0.270 e. The number of carbonyl (C=O) groups excluding carboxylic acids is 1. The molecule has 1 amide bonds. The summed E-state index contributed by atoms with van der Waals surface area (Å²) in [6, 6.07) is 6.03. The summed E-state index contributed by atoms with van der Waals surface area (Å²) in [6.45, 7) is 3.58. The van der Waals surface area contributed by atoms with Crippen molar-refractivity contribution in [2.75, 3.05) is 13.6 Å². The summed E-state index contributed by atoms with van der Waals surface area (Å²) in [6.07, 6.45) is 2.86. The van der Waals surface area contributed by atoms with Crippen molar-refractivity contribution in [3.05, 3.63) is 44.8 Å². The molecule has 0 aliphatic rings. The SMILES string of the molecule is CCn1cc(Br)cc1C(=O)N(C)CCc1cccs1. The highest BCUT2D eigenvalue weighted by molar-refractivity contribution is 9.10. The van der Waals surface area contributed by atoms with Crippen LogP contribution in [0.25, 0.3) is 0 Å². The van der Waals surface area contributed by atoms with Crippen LogP contribution in [0.5, 0.6) is 0 Å². The molecule has 0 radical (unpaired) electrons. The topological polar surface area (TPSA) is 25.2 Å². The second kappa shape index (κ2) is 6.39. The average Bonchev–Trinajstić information content (AvgIpc) is 3.03. The summed E-state index contributed by atoms with van der Waals surface area (Å²) in [5, 5.41) is 2.07. The van der Waals surface area contributed by atoms with Gasteiger partial charge in [-0.05, 0) is 46.8 Å². The van der Waals surface area contributed by atoms with Crippen LogP contribution in [0.2, 0.25) is 0 Å². The fourth-order valence-electron chi connectivity index (χ4n) is 1.95. The van der Waals surface area contributed by atoms with E-state index in [0.717, 1.165) is 29.7 Å². The van der Waals surface area contributed by atoms with Crippen molar-refractivity contribution in [3.63, 3.8) is 0 Å². The van der Waals surface area contributed by atoms with E-state index in [1.807, 2.05) is 36.9 Å². The van der Waals surface area contributed by atoms with Gasteiger partial charge in [0, 0.05) is 35.7 Å². The number of aromatic nitrogens is 1. The maximum Gasteiger partial charge on any atom is 0.270 e. The van der Waals surface area contributed by atoms with Crippen LogP contribution in [-0.2, 0) is 13.0 Å². The number of nitrogens with zero attached hydrogens (tertiary/aromatic N) is 2. The Bertz CT molecular complexity index is 548. The van der Waals surface area contributed by atoms with E-state index in [9.17, 15) is 4.79 Å². The highest BCUT2D eigenvalue weighted by atomic mass is 79.9. The van der Waals surface area contributed by atoms with E-state index >= 15 is 0 Å². The quantitative estimate of drug-likeness (QED) is 0.815. The highest BCUT2D eigenvalue weighted by Gasteiger charge is 2.16. The molecule has 0 bridgehead atoms. The lowest BCUT2D eigenvalue weighted by Gasteiger charge is -2.17. The standard InChI is InChI=1S/C14H17BrN2OS/c1-3-17-10-11(15)9-13(17)14(18)16(2)7-6-12-5-4-8-19-12/h4-5,8-10H,3,6-7H2,1-2H3. The predicted octanol–water partition coefficient (Wildman–Crippen LogP) is 3.65. The molecule has 0 aliphatic carbocycles. The van der Waals surface area contributed by atoms with E-state index in [1.165, 1.54) is 4.88 Å². The zero-order chi connectivity index (χ0) is 13.8. The average molecular weight is 341 g/mol. The number of thiophene rings is 1. The van der Waals surface area contributed by atoms with E-state index in [-0.39, 0.29) is 5.91 Å². The largest absolute Gasteiger partial charge is 0.343 e. The molecule has 0 fully saturated rings. The van der Waals surface area contributed by atoms with Crippen molar-refractivity contribution < 1.29 is 4.79 Å². The molecular formula is C14H17BrN2OS. The molecule has 0 aromatic carbocycles. The molecule has 0 saturated heterocycles. The van der Waals surface area contributed by atoms with Crippen LogP contribution < -0.4 is 0 Å². The number of hydrogen-bond acceptors (Lipinski definition) is 2. The van der Waals surface area contributed by atoms with Gasteiger partial charge in [-0.3, -0.25) is 4.79 Å². The first kappa shape index (κ1) is 14.3. The van der Waals surface area contributed by atoms with Crippen LogP contribution in [-0.4, -0.2) is 29.0 Å². The Hall–Kier alpha value is -1.07. The number of aryl methyl sites for hydroxylation is 1. The van der Waals surface area contributed by atoms with Gasteiger partial charge in [0.1, 0.15) is 5.69 Å². The molecule has 2 aromatic rings. The van der Waals surface area contributed by atoms with Crippen molar-refractivity contribution in [2.45, 2.75) is 19.9 Å². The number of likely N-dealkylation sites (N-methyl/N-ethyl adjacent to an activating group) is 1. The molecule has 0 unspecified atom stereocenters. The normalized spacial score (nSPS) is 10.7. The lowest BCUT2D eigenvalue weighted by atomic mass is 10.3. The Morgan fingerprint density at radius 3 is 2.95 bits per heavy atom. The molecule has 0 atom stereocenters. The second-order valence-electron chi connectivity index (χ2n) is 4.39. The fourth-order valence-corrected chi connectivity index (χ4v) is 3.11. The molecule has 5 heteroatoms. The minimum absolute atomic E-state index is 0.0732. The lowest BCUT2D eigenvalue weighted by molar-refractivity contribution is 0.0786. The summed E-state index contributed by atoms with van der Waals surface area (Å²) >= 11 is 5.16. The second-order valence-corrected chi connectivity index (χ2v) is 6.33. The third-order valence-electron chi connectivity index (χ3n) is 3.04. The first-order chi connectivity index (χ1) is 9.11. The Balaban J connectivity index is 2.02. The monoisotopic (exact) mass is 340 g/mol. The van der Waals surface area contributed by atoms with Gasteiger partial charge in [0.2, 0.25) is 0 Å². The van der Waals surface area contributed by atoms with E-state index in [1.54, 1.807) is 16.2 Å². The molecule has 0 aliphatic heterocycles. The first-order valence-corrected chi connectivity index (χ1v) is 7.92. The van der Waals surface area contributed by atoms with Gasteiger partial charge in [-0.25, -0.2) is 0 Å². The summed E-state index contributed by atoms with van der Waals surface area (Å²) in [5.41, 5.74) is 0.739. The van der Waals surface area contributed by atoms with E-state index in [2.05, 4.69) is 27.4 Å². The summed E-state index contributed by atoms with van der Waals surface area (Å²) in [7, 11) is 1.86. The molecule has 0 spiro atoms. The van der Waals surface area contributed by atoms with Crippen molar-refractivity contribution in [1.82, 2.24) is 9.47 Å². The molecule has 2 heterocycles. The van der Waals surface area contributed by atoms with Gasteiger partial charge in [0.15, 0.2) is 0 Å². The molecule has 2 aromatic heterocycles. The Morgan fingerprint density at radius 2 is 2.32 bits per heavy atom. The molecule has 3 nitrogen and oxygen atoms in total. The number of halogens is 1. The fraction of sp³-hybridized carbons (Fsp3) is 0.357. The van der Waals surface area contributed by atoms with Crippen LogP contribution >= 0.6 is 27.3 Å². The summed E-state index contributed by atoms with van der Waals surface area (Å²) < 4.78 is 2.91. The Morgan fingerprint density at radius 1 is 1.53 bits per heavy atom. The number of carbonyl (C=O) groups is 1. The van der Waals surface area contributed by atoms with E-state index in [4.69, 9.17) is 0 Å². The number of hydrogen-bond donors (Lipinski definition) is 0. The van der Waals surface area contributed by atoms with Crippen molar-refractivity contribution in [2.24, 2.45) is 0 Å². The van der Waals surface area contributed by atoms with Crippen LogP contribution in [0.15, 0.2) is 34.2 Å². The molecule has 102 valence electrons. The molecule has 0 saturated carbocycles. The zero-order valence-corrected chi connectivity index (χ0v) is 13.5. The predicted molar refractivity (Wildman–Crippen MR) is 82.8 cm³/mol. The third kappa shape index (κ3) is 3.48. The Kier molecular flexibility index (Phi) is 4.82. The van der Waals surface area contributed by atoms with Gasteiger partial charge in [0.25, 0.3) is 5.91 Å². The van der Waals surface area contributed by atoms with E-state index < -0.39 is 0 Å². The van der Waals surface area contributed by atoms with Crippen molar-refractivity contribution >= 4 is 33.2 Å². The Labute approximate surface area is 126 Å². The van der Waals surface area contributed by atoms with Crippen LogP contribution in [0.4, 0.5) is 0 Å². The van der Waals surface area contributed by atoms with E-state index in [0.29, 0.717) is 0 Å². The molecule has 0 N–H and O–H groups in total. The highest BCUT2D eigenvalue weighted by Crippen LogP contribution is 2.17. The molecule has 2 rings (SSSR count). The molecular weight excluding hydrogens is 324 g/mol. The minimum atomic E-state index is 0.0732. The van der Waals surface area contributed by atoms with Gasteiger partial charge in [-0.2, -0.15) is 0 Å². The van der Waals surface area contributed by atoms with Gasteiger partial charge in [-0.15, -0.1) is 11.3 Å². The van der Waals surface area contributed by atoms with Crippen LogP contribution in [0.1, 0.15) is 22.3 Å². The first-order valence-electron chi connectivity index (χ1n) is 6.25. The summed E-state index contributed by atoms with van der Waals surface area (Å²) in [4.78, 5) is 15.5. The van der Waals surface area contributed by atoms with Crippen LogP contribution in [0.3, 0.4) is 0 Å². The zero-order valence-electron chi connectivity index (χ0n) is 11.1. The van der Waals surface area contributed by atoms with Gasteiger partial charge >= 0.3 is 0 Å². The minimum Gasteiger partial charge on any atom is -0.343 e. The maximum absolute atomic E-state index is 12.4. The maximum atomic E-state index is 12.4. The van der Waals surface area contributed by atoms with Gasteiger partial charge in [-0.1, -0.05) is 6.07 Å². The van der Waals surface area contributed by atoms with Gasteiger partial charge < -0.3 is 9.47 Å². The lowest BCUT2D eigenvalue weighted by Crippen LogP contribution is -2.30. The van der Waals surface area contributed by atoms with Crippen LogP contribution in [0, 0.1) is 0 Å². The summed E-state index contributed by atoms with van der Waals surface area (Å²) in [5.74, 6) is 0.0732. The van der Waals surface area contributed by atoms with Crippen molar-refractivity contribution in [1.29, 1.82) is 0 Å². The number of rotatable bonds is 5. The van der Waals surface area contributed by atoms with Crippen molar-refractivity contribution in [3.8, 4) is 0 Å². The van der Waals surface area contributed by atoms with Gasteiger partial charge in [0.05, 0.1) is 0 Å². The molecule has 19 heavy (non-hydrogen) atoms. The third-order valence-corrected chi connectivity index (χ3v) is 4.41. The number of amides is 1.